The quantitative estimate of drug-likeness (QED) is 0.0400. The first-order valence-electron chi connectivity index (χ1n) is 25.2. The molecule has 0 radical (unpaired) electrons. The topological polar surface area (TPSA) is 218 Å². The number of likely N-dealkylation sites (N-methyl/N-ethyl adjacent to an activating group) is 1. The highest BCUT2D eigenvalue weighted by Crippen LogP contribution is 2.47. The maximum absolute atomic E-state index is 14.8. The lowest BCUT2D eigenvalue weighted by atomic mass is 9.95. The number of carbonyl (C=O) groups excluding carboxylic acids is 5. The molecular formula is C56H59BrN9O8-. The molecule has 5 aromatic carbocycles. The van der Waals surface area contributed by atoms with E-state index in [4.69, 9.17) is 15.2 Å². The van der Waals surface area contributed by atoms with Gasteiger partial charge in [0.1, 0.15) is 29.6 Å². The number of aromatic amines is 1. The number of nitrogens with one attached hydrogen (secondary N) is 3. The van der Waals surface area contributed by atoms with Crippen molar-refractivity contribution in [3.8, 4) is 16.9 Å². The van der Waals surface area contributed by atoms with Gasteiger partial charge in [-0.2, -0.15) is 0 Å². The van der Waals surface area contributed by atoms with E-state index in [1.165, 1.54) is 0 Å². The highest BCUT2D eigenvalue weighted by Gasteiger charge is 2.38. The first-order chi connectivity index (χ1) is 35.8. The van der Waals surface area contributed by atoms with Crippen LogP contribution in [0.3, 0.4) is 0 Å². The number of aromatic nitrogens is 1. The minimum absolute atomic E-state index is 0.0352. The Hall–Kier alpha value is -7.44. The largest absolute Gasteiger partial charge is 0.599 e. The fourth-order valence-electron chi connectivity index (χ4n) is 11.0. The second kappa shape index (κ2) is 21.2. The van der Waals surface area contributed by atoms with E-state index in [2.05, 4.69) is 41.4 Å². The number of piperazine rings is 1. The van der Waals surface area contributed by atoms with Crippen molar-refractivity contribution in [1.82, 2.24) is 25.4 Å². The van der Waals surface area contributed by atoms with E-state index in [0.717, 1.165) is 68.1 Å². The van der Waals surface area contributed by atoms with Gasteiger partial charge >= 0.3 is 12.1 Å². The van der Waals surface area contributed by atoms with E-state index < -0.39 is 42.1 Å². The zero-order valence-corrected chi connectivity index (χ0v) is 43.2. The van der Waals surface area contributed by atoms with Crippen molar-refractivity contribution in [3.63, 3.8) is 0 Å². The number of hydrogen-bond acceptors (Lipinski definition) is 10. The first-order valence-corrected chi connectivity index (χ1v) is 26.4. The number of alkyl halides is 1. The highest BCUT2D eigenvalue weighted by molar-refractivity contribution is 9.09. The third kappa shape index (κ3) is 9.75. The number of anilines is 2. The Morgan fingerprint density at radius 3 is 2.23 bits per heavy atom. The summed E-state index contributed by atoms with van der Waals surface area (Å²) >= 11 is 3.71. The number of nitrogens with zero attached hydrogens (tertiary/aromatic N) is 5. The molecule has 0 bridgehead atoms. The van der Waals surface area contributed by atoms with Gasteiger partial charge < -0.3 is 55.5 Å². The van der Waals surface area contributed by atoms with Gasteiger partial charge in [0.05, 0.1) is 5.69 Å². The van der Waals surface area contributed by atoms with Crippen LogP contribution in [0.4, 0.5) is 21.0 Å². The number of carbonyl (C=O) groups is 5. The average molecular weight is 1070 g/mol. The van der Waals surface area contributed by atoms with Gasteiger partial charge in [-0.25, -0.2) is 9.59 Å². The molecule has 3 aliphatic heterocycles. The van der Waals surface area contributed by atoms with Crippen LogP contribution in [0.5, 0.6) is 5.75 Å². The van der Waals surface area contributed by atoms with Crippen molar-refractivity contribution in [2.45, 2.75) is 57.0 Å². The van der Waals surface area contributed by atoms with Crippen molar-refractivity contribution in [3.05, 3.63) is 125 Å². The summed E-state index contributed by atoms with van der Waals surface area (Å²) in [6, 6.07) is 28.2. The van der Waals surface area contributed by atoms with Crippen molar-refractivity contribution in [1.29, 1.82) is 0 Å². The standard InChI is InChI=1S/C56H60BrN9O8/c1-32(2)50(62-55(71)73-31-42-36-13-6-4-11-34(36)35-12-5-7-14-37(35)42)51(67)61-44(17-10-21-59-54(58)70)52(68)65-22-20-38-41-27-45(60-43(41)18-19-46(38)65)53(69)66-30-33(29-57)49-40-16-9-8-15-39(40)48(28-47(49)66)74-56(72)64-25-23-63(3)24-26-64/h4-9,11-16,18-19,27-28,32-33,42,44,50,60H,10,17,20-26,29-31H2,1-3H3,(H,61,67)(H,62,71)(H3,58,59,70)/p-1/t33-,44+,50+/m1/s1. The molecular weight excluding hydrogens is 1010 g/mol. The van der Waals surface area contributed by atoms with Gasteiger partial charge in [-0.3, -0.25) is 19.4 Å². The number of ether oxygens (including phenoxy) is 2. The molecule has 17 nitrogen and oxygen atoms in total. The lowest BCUT2D eigenvalue weighted by Gasteiger charge is -2.31. The zero-order valence-electron chi connectivity index (χ0n) is 41.6. The summed E-state index contributed by atoms with van der Waals surface area (Å²) in [5.74, 6) is -1.52. The Labute approximate surface area is 437 Å². The summed E-state index contributed by atoms with van der Waals surface area (Å²) in [6.07, 6.45) is -0.372. The van der Waals surface area contributed by atoms with Crippen LogP contribution in [0.2, 0.25) is 0 Å². The molecule has 4 aliphatic rings. The van der Waals surface area contributed by atoms with Gasteiger partial charge in [0, 0.05) is 97.6 Å². The molecule has 5 N–H and O–H groups in total. The van der Waals surface area contributed by atoms with E-state index in [1.54, 1.807) is 28.5 Å². The van der Waals surface area contributed by atoms with Crippen LogP contribution in [0, 0.1) is 5.92 Å². The molecule has 0 unspecified atom stereocenters. The molecule has 1 fully saturated rings. The Balaban J connectivity index is 0.875. The number of aliphatic imine (C=N–C) groups is 1. The summed E-state index contributed by atoms with van der Waals surface area (Å²) < 4.78 is 11.9. The van der Waals surface area contributed by atoms with Crippen LogP contribution < -0.4 is 36.0 Å². The van der Waals surface area contributed by atoms with E-state index in [-0.39, 0.29) is 43.2 Å². The number of amides is 6. The number of halogens is 1. The fourth-order valence-corrected chi connectivity index (χ4v) is 11.6. The number of fused-ring (bicyclic) bond motifs is 9. The molecule has 6 amide bonds. The number of nitrogens with two attached hydrogens (primary N) is 1. The number of primary amides is 1. The summed E-state index contributed by atoms with van der Waals surface area (Å²) in [7, 11) is 2.02. The summed E-state index contributed by atoms with van der Waals surface area (Å²) in [5, 5.41) is 21.9. The molecule has 3 atom stereocenters. The molecule has 384 valence electrons. The van der Waals surface area contributed by atoms with Gasteiger partial charge in [-0.15, -0.1) is 0 Å². The van der Waals surface area contributed by atoms with Crippen molar-refractivity contribution < 1.29 is 38.6 Å². The van der Waals surface area contributed by atoms with Crippen LogP contribution >= 0.6 is 15.9 Å². The Morgan fingerprint density at radius 2 is 1.54 bits per heavy atom. The molecule has 0 saturated carbocycles. The van der Waals surface area contributed by atoms with Gasteiger partial charge in [0.25, 0.3) is 5.91 Å². The Morgan fingerprint density at radius 1 is 0.851 bits per heavy atom. The van der Waals surface area contributed by atoms with E-state index in [1.807, 2.05) is 104 Å². The molecule has 1 aliphatic carbocycles. The maximum Gasteiger partial charge on any atom is 0.415 e. The average Bonchev–Trinajstić information content (AvgIpc) is 4.20. The van der Waals surface area contributed by atoms with Crippen LogP contribution in [0.15, 0.2) is 102 Å². The Kier molecular flexibility index (Phi) is 14.3. The predicted molar refractivity (Wildman–Crippen MR) is 286 cm³/mol. The molecule has 18 heteroatoms. The van der Waals surface area contributed by atoms with Crippen molar-refractivity contribution >= 4 is 84.9 Å². The van der Waals surface area contributed by atoms with Gasteiger partial charge in [-0.1, -0.05) is 103 Å². The lowest BCUT2D eigenvalue weighted by molar-refractivity contribution is -0.251. The number of benzene rings is 5. The third-order valence-corrected chi connectivity index (χ3v) is 15.6. The minimum Gasteiger partial charge on any atom is -0.599 e. The van der Waals surface area contributed by atoms with Crippen molar-refractivity contribution in [2.75, 3.05) is 74.6 Å². The number of hydrogen-bond donors (Lipinski definition) is 4. The molecule has 0 spiro atoms. The number of H-pyrrole nitrogens is 1. The fraction of sp³-hybridized carbons (Fsp3) is 0.357. The first kappa shape index (κ1) is 50.1. The van der Waals surface area contributed by atoms with Crippen LogP contribution in [0.1, 0.15) is 71.3 Å². The molecule has 6 aromatic rings. The van der Waals surface area contributed by atoms with Crippen LogP contribution in [0.25, 0.3) is 32.8 Å². The SMILES string of the molecule is CC(C)[C@H](N=C([O-])OCC1c2ccccc2-c2ccccc21)C(=O)N[C@@H](CCCNC(N)=O)C(=O)N1CCc2c1ccc1[nH]c(C(=O)N3C[C@@H](CBr)c4c3cc(OC(=O)N3CCN(C)CC3)c3ccccc43)cc21. The summed E-state index contributed by atoms with van der Waals surface area (Å²) in [5.41, 5.74) is 13.8. The van der Waals surface area contributed by atoms with Gasteiger partial charge in [-0.05, 0) is 89.2 Å². The monoisotopic (exact) mass is 1060 g/mol. The van der Waals surface area contributed by atoms with Gasteiger partial charge in [0.2, 0.25) is 11.8 Å². The van der Waals surface area contributed by atoms with Crippen LogP contribution in [-0.2, 0) is 20.7 Å². The number of rotatable bonds is 14. The smallest absolute Gasteiger partial charge is 0.415 e. The summed E-state index contributed by atoms with van der Waals surface area (Å²) in [6.45, 7) is 7.05. The lowest BCUT2D eigenvalue weighted by Crippen LogP contribution is -2.52. The summed E-state index contributed by atoms with van der Waals surface area (Å²) in [4.78, 5) is 83.5. The Bertz CT molecular complexity index is 3160. The second-order valence-corrected chi connectivity index (χ2v) is 20.5. The van der Waals surface area contributed by atoms with Crippen molar-refractivity contribution in [2.24, 2.45) is 16.6 Å². The van der Waals surface area contributed by atoms with E-state index in [0.29, 0.717) is 67.2 Å². The van der Waals surface area contributed by atoms with Crippen LogP contribution in [-0.4, -0.2) is 128 Å². The minimum atomic E-state index is -1.17. The second-order valence-electron chi connectivity index (χ2n) is 19.8. The predicted octanol–water partition coefficient (Wildman–Crippen LogP) is 6.60. The van der Waals surface area contributed by atoms with Gasteiger partial charge in [0.15, 0.2) is 0 Å². The highest BCUT2D eigenvalue weighted by atomic mass is 79.9. The molecule has 74 heavy (non-hydrogen) atoms. The molecule has 10 rings (SSSR count). The van der Waals surface area contributed by atoms with E-state index in [9.17, 15) is 29.1 Å². The zero-order chi connectivity index (χ0) is 51.8. The third-order valence-electron chi connectivity index (χ3n) is 14.8. The van der Waals surface area contributed by atoms with E-state index >= 15 is 0 Å². The molecule has 1 saturated heterocycles. The maximum atomic E-state index is 14.8. The molecule has 1 aromatic heterocycles. The normalized spacial score (nSPS) is 17.2. The molecule has 4 heterocycles. The number of urea groups is 1.